The Morgan fingerprint density at radius 3 is 2.74 bits per heavy atom. The summed E-state index contributed by atoms with van der Waals surface area (Å²) in [6.45, 7) is 4.90. The summed E-state index contributed by atoms with van der Waals surface area (Å²) in [4.78, 5) is 22.4. The minimum atomic E-state index is -0.0848. The molecule has 7 nitrogen and oxygen atoms in total. The number of fused-ring (bicyclic) bond motifs is 1. The number of anilines is 1. The van der Waals surface area contributed by atoms with E-state index in [1.807, 2.05) is 32.0 Å². The fourth-order valence-electron chi connectivity index (χ4n) is 2.93. The van der Waals surface area contributed by atoms with Crippen LogP contribution in [0.2, 0.25) is 0 Å². The van der Waals surface area contributed by atoms with Crippen molar-refractivity contribution < 1.29 is 14.3 Å². The molecule has 0 unspecified atom stereocenters. The predicted molar refractivity (Wildman–Crippen MR) is 107 cm³/mol. The molecule has 0 aliphatic rings. The smallest absolute Gasteiger partial charge is 0.261 e. The Bertz CT molecular complexity index is 971. The molecule has 142 valence electrons. The maximum atomic E-state index is 12.3. The molecule has 0 atom stereocenters. The van der Waals surface area contributed by atoms with Crippen LogP contribution in [0.15, 0.2) is 24.5 Å². The van der Waals surface area contributed by atoms with E-state index in [2.05, 4.69) is 20.6 Å². The van der Waals surface area contributed by atoms with Crippen molar-refractivity contribution in [2.75, 3.05) is 26.1 Å². The number of hydrogen-bond acceptors (Lipinski definition) is 7. The Kier molecular flexibility index (Phi) is 5.75. The zero-order valence-corrected chi connectivity index (χ0v) is 16.6. The summed E-state index contributed by atoms with van der Waals surface area (Å²) < 4.78 is 10.8. The molecule has 8 heteroatoms. The quantitative estimate of drug-likeness (QED) is 0.647. The molecule has 3 rings (SSSR count). The van der Waals surface area contributed by atoms with E-state index in [9.17, 15) is 4.79 Å². The molecule has 0 saturated heterocycles. The van der Waals surface area contributed by atoms with Crippen LogP contribution in [0.1, 0.15) is 27.7 Å². The summed E-state index contributed by atoms with van der Waals surface area (Å²) in [5.41, 5.74) is 1.82. The number of thiophene rings is 1. The molecule has 0 aliphatic carbocycles. The van der Waals surface area contributed by atoms with Crippen LogP contribution in [0.4, 0.5) is 5.82 Å². The molecule has 0 fully saturated rings. The average molecular weight is 386 g/mol. The van der Waals surface area contributed by atoms with Crippen molar-refractivity contribution >= 4 is 33.3 Å². The molecule has 2 heterocycles. The van der Waals surface area contributed by atoms with Crippen molar-refractivity contribution in [1.29, 1.82) is 0 Å². The fourth-order valence-corrected chi connectivity index (χ4v) is 4.00. The largest absolute Gasteiger partial charge is 0.493 e. The molecule has 0 saturated carbocycles. The second kappa shape index (κ2) is 8.22. The van der Waals surface area contributed by atoms with Crippen LogP contribution in [-0.2, 0) is 6.54 Å². The summed E-state index contributed by atoms with van der Waals surface area (Å²) >= 11 is 1.37. The Morgan fingerprint density at radius 2 is 2.04 bits per heavy atom. The van der Waals surface area contributed by atoms with Crippen LogP contribution in [-0.4, -0.2) is 36.6 Å². The van der Waals surface area contributed by atoms with Crippen molar-refractivity contribution in [3.05, 3.63) is 40.5 Å². The van der Waals surface area contributed by atoms with Crippen LogP contribution >= 0.6 is 11.3 Å². The summed E-state index contributed by atoms with van der Waals surface area (Å²) in [5.74, 6) is 1.96. The second-order valence-corrected chi connectivity index (χ2v) is 6.82. The van der Waals surface area contributed by atoms with Gasteiger partial charge in [0, 0.05) is 18.7 Å². The third-order valence-corrected chi connectivity index (χ3v) is 5.40. The van der Waals surface area contributed by atoms with Crippen LogP contribution in [0.5, 0.6) is 11.5 Å². The standard InChI is InChI=1S/C19H22N4O3S/c1-5-20-18(24)16-11(2)14-17(22-10-23-19(14)27-16)21-9-12-7-6-8-13(25-3)15(12)26-4/h6-8,10H,5,9H2,1-4H3,(H,20,24)(H,21,22,23). The van der Waals surface area contributed by atoms with Gasteiger partial charge in [0.25, 0.3) is 5.91 Å². The number of amides is 1. The van der Waals surface area contributed by atoms with Crippen LogP contribution in [0, 0.1) is 6.92 Å². The molecule has 27 heavy (non-hydrogen) atoms. The first-order valence-corrected chi connectivity index (χ1v) is 9.38. The Labute approximate surface area is 161 Å². The van der Waals surface area contributed by atoms with E-state index in [1.165, 1.54) is 17.7 Å². The topological polar surface area (TPSA) is 85.4 Å². The van der Waals surface area contributed by atoms with Crippen molar-refractivity contribution in [3.8, 4) is 11.5 Å². The Balaban J connectivity index is 1.93. The normalized spacial score (nSPS) is 10.7. The van der Waals surface area contributed by atoms with Gasteiger partial charge in [0.2, 0.25) is 0 Å². The highest BCUT2D eigenvalue weighted by Crippen LogP contribution is 2.35. The number of carbonyl (C=O) groups is 1. The van der Waals surface area contributed by atoms with Gasteiger partial charge in [0.1, 0.15) is 17.0 Å². The van der Waals surface area contributed by atoms with Gasteiger partial charge in [-0.15, -0.1) is 11.3 Å². The first-order valence-electron chi connectivity index (χ1n) is 8.56. The lowest BCUT2D eigenvalue weighted by atomic mass is 10.1. The Hall–Kier alpha value is -2.87. The van der Waals surface area contributed by atoms with Gasteiger partial charge in [-0.2, -0.15) is 0 Å². The first-order chi connectivity index (χ1) is 13.1. The minimum Gasteiger partial charge on any atom is -0.493 e. The van der Waals surface area contributed by atoms with E-state index in [4.69, 9.17) is 9.47 Å². The number of benzene rings is 1. The first kappa shape index (κ1) is 18.9. The molecule has 2 N–H and O–H groups in total. The molecule has 0 spiro atoms. The minimum absolute atomic E-state index is 0.0848. The van der Waals surface area contributed by atoms with Gasteiger partial charge in [0.05, 0.1) is 24.5 Å². The summed E-state index contributed by atoms with van der Waals surface area (Å²) in [6, 6.07) is 5.73. The highest BCUT2D eigenvalue weighted by molar-refractivity contribution is 7.20. The summed E-state index contributed by atoms with van der Waals surface area (Å²) in [7, 11) is 3.23. The third kappa shape index (κ3) is 3.66. The van der Waals surface area contributed by atoms with Gasteiger partial charge >= 0.3 is 0 Å². The highest BCUT2D eigenvalue weighted by Gasteiger charge is 2.19. The van der Waals surface area contributed by atoms with Crippen molar-refractivity contribution in [2.45, 2.75) is 20.4 Å². The number of rotatable bonds is 7. The van der Waals surface area contributed by atoms with E-state index in [0.29, 0.717) is 35.3 Å². The van der Waals surface area contributed by atoms with Gasteiger partial charge < -0.3 is 20.1 Å². The van der Waals surface area contributed by atoms with E-state index in [-0.39, 0.29) is 5.91 Å². The molecule has 3 aromatic rings. The van der Waals surface area contributed by atoms with Gasteiger partial charge in [-0.3, -0.25) is 4.79 Å². The Morgan fingerprint density at radius 1 is 1.22 bits per heavy atom. The monoisotopic (exact) mass is 386 g/mol. The van der Waals surface area contributed by atoms with E-state index >= 15 is 0 Å². The molecule has 1 aromatic carbocycles. The van der Waals surface area contributed by atoms with Gasteiger partial charge in [-0.1, -0.05) is 12.1 Å². The number of hydrogen-bond donors (Lipinski definition) is 2. The zero-order chi connectivity index (χ0) is 19.4. The highest BCUT2D eigenvalue weighted by atomic mass is 32.1. The lowest BCUT2D eigenvalue weighted by Gasteiger charge is -2.13. The number of carbonyl (C=O) groups excluding carboxylic acids is 1. The number of methoxy groups -OCH3 is 2. The molecule has 0 bridgehead atoms. The fraction of sp³-hybridized carbons (Fsp3) is 0.316. The van der Waals surface area contributed by atoms with E-state index < -0.39 is 0 Å². The van der Waals surface area contributed by atoms with Crippen LogP contribution in [0.25, 0.3) is 10.2 Å². The molecule has 1 amide bonds. The number of para-hydroxylation sites is 1. The molecule has 2 aromatic heterocycles. The number of ether oxygens (including phenoxy) is 2. The molecule has 0 aliphatic heterocycles. The molecular formula is C19H22N4O3S. The summed E-state index contributed by atoms with van der Waals surface area (Å²) in [6.07, 6.45) is 1.50. The van der Waals surface area contributed by atoms with Gasteiger partial charge in [-0.05, 0) is 25.5 Å². The maximum Gasteiger partial charge on any atom is 0.261 e. The molecular weight excluding hydrogens is 364 g/mol. The van der Waals surface area contributed by atoms with Crippen molar-refractivity contribution in [2.24, 2.45) is 0 Å². The van der Waals surface area contributed by atoms with Crippen LogP contribution < -0.4 is 20.1 Å². The SMILES string of the molecule is CCNC(=O)c1sc2ncnc(NCc3cccc(OC)c3OC)c2c1C. The predicted octanol–water partition coefficient (Wildman–Crippen LogP) is 3.38. The van der Waals surface area contributed by atoms with Crippen molar-refractivity contribution in [1.82, 2.24) is 15.3 Å². The number of aromatic nitrogens is 2. The lowest BCUT2D eigenvalue weighted by molar-refractivity contribution is 0.0959. The second-order valence-electron chi connectivity index (χ2n) is 5.82. The summed E-state index contributed by atoms with van der Waals surface area (Å²) in [5, 5.41) is 7.05. The average Bonchev–Trinajstić information content (AvgIpc) is 3.03. The number of aryl methyl sites for hydroxylation is 1. The molecule has 0 radical (unpaired) electrons. The number of nitrogens with one attached hydrogen (secondary N) is 2. The maximum absolute atomic E-state index is 12.3. The van der Waals surface area contributed by atoms with E-state index in [0.717, 1.165) is 21.3 Å². The van der Waals surface area contributed by atoms with Gasteiger partial charge in [-0.25, -0.2) is 9.97 Å². The van der Waals surface area contributed by atoms with E-state index in [1.54, 1.807) is 14.2 Å². The van der Waals surface area contributed by atoms with Gasteiger partial charge in [0.15, 0.2) is 11.5 Å². The lowest BCUT2D eigenvalue weighted by Crippen LogP contribution is -2.22. The number of nitrogens with zero attached hydrogens (tertiary/aromatic N) is 2. The van der Waals surface area contributed by atoms with Crippen LogP contribution in [0.3, 0.4) is 0 Å². The zero-order valence-electron chi connectivity index (χ0n) is 15.8. The third-order valence-electron chi connectivity index (χ3n) is 4.20. The van der Waals surface area contributed by atoms with Crippen molar-refractivity contribution in [3.63, 3.8) is 0 Å².